The Labute approximate surface area is 125 Å². The summed E-state index contributed by atoms with van der Waals surface area (Å²) in [6, 6.07) is 3.22. The predicted octanol–water partition coefficient (Wildman–Crippen LogP) is 2.30. The lowest BCUT2D eigenvalue weighted by Crippen LogP contribution is -2.42. The fourth-order valence-electron chi connectivity index (χ4n) is 1.37. The van der Waals surface area contributed by atoms with Crippen molar-refractivity contribution in [3.05, 3.63) is 22.4 Å². The number of thiophene rings is 1. The van der Waals surface area contributed by atoms with Gasteiger partial charge >= 0.3 is 5.97 Å². The van der Waals surface area contributed by atoms with Gasteiger partial charge in [-0.15, -0.1) is 23.1 Å². The molecule has 106 valence electrons. The maximum Gasteiger partial charge on any atom is 0.326 e. The van der Waals surface area contributed by atoms with Crippen LogP contribution < -0.4 is 5.32 Å². The van der Waals surface area contributed by atoms with Gasteiger partial charge in [0.2, 0.25) is 5.91 Å². The van der Waals surface area contributed by atoms with Crippen LogP contribution in [-0.4, -0.2) is 40.8 Å². The van der Waals surface area contributed by atoms with Gasteiger partial charge in [0.05, 0.1) is 5.75 Å². The zero-order valence-electron chi connectivity index (χ0n) is 10.6. The number of thioether (sulfide) groups is 2. The van der Waals surface area contributed by atoms with E-state index in [-0.39, 0.29) is 5.91 Å². The maximum absolute atomic E-state index is 11.7. The van der Waals surface area contributed by atoms with E-state index in [4.69, 9.17) is 5.11 Å². The van der Waals surface area contributed by atoms with Gasteiger partial charge in [-0.3, -0.25) is 4.79 Å². The van der Waals surface area contributed by atoms with E-state index >= 15 is 0 Å². The van der Waals surface area contributed by atoms with Crippen molar-refractivity contribution in [3.8, 4) is 0 Å². The van der Waals surface area contributed by atoms with Gasteiger partial charge in [0.15, 0.2) is 0 Å². The zero-order valence-corrected chi connectivity index (χ0v) is 13.1. The molecular formula is C12H17NO3S3. The molecule has 1 amide bonds. The van der Waals surface area contributed by atoms with E-state index in [1.165, 1.54) is 16.6 Å². The van der Waals surface area contributed by atoms with Crippen molar-refractivity contribution in [1.82, 2.24) is 5.32 Å². The average Bonchev–Trinajstić information content (AvgIpc) is 2.87. The standard InChI is InChI=1S/C12H17NO3S3/c1-17-6-4-10(12(15)16)13-11(14)8-18-7-9-3-2-5-19-9/h2-3,5,10H,4,6-8H2,1H3,(H,13,14)(H,15,16). The number of aliphatic carboxylic acids is 1. The van der Waals surface area contributed by atoms with Crippen LogP contribution in [0.3, 0.4) is 0 Å². The number of hydrogen-bond acceptors (Lipinski definition) is 5. The molecule has 2 N–H and O–H groups in total. The zero-order chi connectivity index (χ0) is 14.1. The number of hydrogen-bond donors (Lipinski definition) is 2. The lowest BCUT2D eigenvalue weighted by molar-refractivity contribution is -0.141. The van der Waals surface area contributed by atoms with Crippen molar-refractivity contribution in [1.29, 1.82) is 0 Å². The van der Waals surface area contributed by atoms with Gasteiger partial charge in [-0.2, -0.15) is 11.8 Å². The maximum atomic E-state index is 11.7. The van der Waals surface area contributed by atoms with Crippen molar-refractivity contribution in [2.24, 2.45) is 0 Å². The highest BCUT2D eigenvalue weighted by molar-refractivity contribution is 7.99. The van der Waals surface area contributed by atoms with Crippen molar-refractivity contribution in [3.63, 3.8) is 0 Å². The molecule has 0 aliphatic carbocycles. The third-order valence-corrected chi connectivity index (χ3v) is 4.99. The van der Waals surface area contributed by atoms with Crippen LogP contribution >= 0.6 is 34.9 Å². The van der Waals surface area contributed by atoms with Gasteiger partial charge in [-0.05, 0) is 29.9 Å². The average molecular weight is 319 g/mol. The molecule has 1 atom stereocenters. The molecule has 1 heterocycles. The van der Waals surface area contributed by atoms with Crippen molar-refractivity contribution in [2.45, 2.75) is 18.2 Å². The number of carbonyl (C=O) groups is 2. The molecule has 0 aliphatic rings. The minimum absolute atomic E-state index is 0.213. The molecule has 1 unspecified atom stereocenters. The lowest BCUT2D eigenvalue weighted by atomic mass is 10.2. The summed E-state index contributed by atoms with van der Waals surface area (Å²) in [6.45, 7) is 0. The Bertz CT molecular complexity index is 395. The normalized spacial score (nSPS) is 12.1. The number of nitrogens with one attached hydrogen (secondary N) is 1. The fraction of sp³-hybridized carbons (Fsp3) is 0.500. The first-order valence-electron chi connectivity index (χ1n) is 5.74. The Morgan fingerprint density at radius 3 is 2.89 bits per heavy atom. The van der Waals surface area contributed by atoms with Crippen LogP contribution in [0.25, 0.3) is 0 Å². The van der Waals surface area contributed by atoms with Crippen LogP contribution in [0.5, 0.6) is 0 Å². The van der Waals surface area contributed by atoms with E-state index in [0.717, 1.165) is 11.5 Å². The molecule has 0 fully saturated rings. The Hall–Kier alpha value is -0.660. The lowest BCUT2D eigenvalue weighted by Gasteiger charge is -2.13. The van der Waals surface area contributed by atoms with Gasteiger partial charge in [0.25, 0.3) is 0 Å². The van der Waals surface area contributed by atoms with E-state index in [9.17, 15) is 9.59 Å². The minimum Gasteiger partial charge on any atom is -0.480 e. The number of rotatable bonds is 9. The largest absolute Gasteiger partial charge is 0.480 e. The van der Waals surface area contributed by atoms with E-state index in [0.29, 0.717) is 12.2 Å². The van der Waals surface area contributed by atoms with Crippen LogP contribution in [0.4, 0.5) is 0 Å². The summed E-state index contributed by atoms with van der Waals surface area (Å²) in [4.78, 5) is 23.8. The molecule has 0 spiro atoms. The molecule has 0 radical (unpaired) electrons. The van der Waals surface area contributed by atoms with Gasteiger partial charge in [0.1, 0.15) is 6.04 Å². The highest BCUT2D eigenvalue weighted by atomic mass is 32.2. The topological polar surface area (TPSA) is 66.4 Å². The van der Waals surface area contributed by atoms with Gasteiger partial charge in [-0.25, -0.2) is 4.79 Å². The SMILES string of the molecule is CSCCC(NC(=O)CSCc1cccs1)C(=O)O. The first-order valence-corrected chi connectivity index (χ1v) is 9.17. The Kier molecular flexibility index (Phi) is 8.00. The third-order valence-electron chi connectivity index (χ3n) is 2.30. The first-order chi connectivity index (χ1) is 9.13. The van der Waals surface area contributed by atoms with Crippen LogP contribution in [0, 0.1) is 0 Å². The van der Waals surface area contributed by atoms with Crippen molar-refractivity contribution < 1.29 is 14.7 Å². The van der Waals surface area contributed by atoms with E-state index in [1.54, 1.807) is 23.1 Å². The second kappa shape index (κ2) is 9.28. The molecule has 7 heteroatoms. The summed E-state index contributed by atoms with van der Waals surface area (Å²) in [7, 11) is 0. The molecule has 19 heavy (non-hydrogen) atoms. The van der Waals surface area contributed by atoms with Gasteiger partial charge in [-0.1, -0.05) is 6.07 Å². The van der Waals surface area contributed by atoms with Crippen molar-refractivity contribution >= 4 is 46.7 Å². The number of carboxylic acids is 1. The minimum atomic E-state index is -0.967. The molecule has 1 aromatic heterocycles. The summed E-state index contributed by atoms with van der Waals surface area (Å²) in [6.07, 6.45) is 2.37. The van der Waals surface area contributed by atoms with Crippen LogP contribution in [0.2, 0.25) is 0 Å². The van der Waals surface area contributed by atoms with E-state index < -0.39 is 12.0 Å². The Balaban J connectivity index is 2.25. The number of carbonyl (C=O) groups excluding carboxylic acids is 1. The molecular weight excluding hydrogens is 302 g/mol. The summed E-state index contributed by atoms with van der Waals surface area (Å²) < 4.78 is 0. The van der Waals surface area contributed by atoms with E-state index in [2.05, 4.69) is 5.32 Å². The third kappa shape index (κ3) is 6.89. The summed E-state index contributed by atoms with van der Waals surface area (Å²) in [5, 5.41) is 13.6. The second-order valence-corrected chi connectivity index (χ2v) is 6.82. The summed E-state index contributed by atoms with van der Waals surface area (Å²) in [5.74, 6) is 0.620. The number of amides is 1. The van der Waals surface area contributed by atoms with Gasteiger partial charge in [0, 0.05) is 10.6 Å². The molecule has 0 saturated carbocycles. The number of carboxylic acid groups (broad SMARTS) is 1. The first kappa shape index (κ1) is 16.4. The fourth-order valence-corrected chi connectivity index (χ4v) is 3.52. The summed E-state index contributed by atoms with van der Waals surface area (Å²) >= 11 is 4.72. The summed E-state index contributed by atoms with van der Waals surface area (Å²) in [5.41, 5.74) is 0. The van der Waals surface area contributed by atoms with Crippen LogP contribution in [0.1, 0.15) is 11.3 Å². The Morgan fingerprint density at radius 1 is 1.53 bits per heavy atom. The highest BCUT2D eigenvalue weighted by Gasteiger charge is 2.19. The molecule has 1 rings (SSSR count). The van der Waals surface area contributed by atoms with Crippen LogP contribution in [0.15, 0.2) is 17.5 Å². The highest BCUT2D eigenvalue weighted by Crippen LogP contribution is 2.16. The smallest absolute Gasteiger partial charge is 0.326 e. The molecule has 0 bridgehead atoms. The molecule has 4 nitrogen and oxygen atoms in total. The molecule has 1 aromatic rings. The second-order valence-electron chi connectivity index (χ2n) is 3.81. The molecule has 0 aliphatic heterocycles. The van der Waals surface area contributed by atoms with E-state index in [1.807, 2.05) is 23.8 Å². The molecule has 0 aromatic carbocycles. The monoisotopic (exact) mass is 319 g/mol. The molecule has 0 saturated heterocycles. The van der Waals surface area contributed by atoms with Crippen molar-refractivity contribution in [2.75, 3.05) is 17.8 Å². The van der Waals surface area contributed by atoms with Gasteiger partial charge < -0.3 is 10.4 Å². The Morgan fingerprint density at radius 2 is 2.32 bits per heavy atom. The quantitative estimate of drug-likeness (QED) is 0.731. The van der Waals surface area contributed by atoms with Crippen LogP contribution in [-0.2, 0) is 15.3 Å². The predicted molar refractivity (Wildman–Crippen MR) is 83.0 cm³/mol.